The maximum atomic E-state index is 12.4. The highest BCUT2D eigenvalue weighted by molar-refractivity contribution is 5.73. The summed E-state index contributed by atoms with van der Waals surface area (Å²) in [5.74, 6) is -1.59. The van der Waals surface area contributed by atoms with Crippen molar-refractivity contribution in [2.45, 2.75) is 206 Å². The van der Waals surface area contributed by atoms with Gasteiger partial charge in [-0.15, -0.1) is 0 Å². The van der Waals surface area contributed by atoms with Crippen molar-refractivity contribution < 1.29 is 144 Å². The zero-order chi connectivity index (χ0) is 52.9. The number of ether oxygens (including phenoxy) is 10. The molecule has 31 heteroatoms. The molecule has 0 aromatic carbocycles. The summed E-state index contributed by atoms with van der Waals surface area (Å²) < 4.78 is 59.1. The normalized spacial score (nSPS) is 46.1. The topological polar surface area (TPSA) is 494 Å². The average Bonchev–Trinajstić information content (AvgIpc) is 3.33. The van der Waals surface area contributed by atoms with Gasteiger partial charge in [0.25, 0.3) is 0 Å². The minimum atomic E-state index is -2.27. The van der Waals surface area contributed by atoms with Crippen LogP contribution in [0.4, 0.5) is 0 Å². The molecule has 0 unspecified atom stereocenters. The van der Waals surface area contributed by atoms with Gasteiger partial charge >= 0.3 is 0 Å². The number of hydrogen-bond donors (Lipinski definition) is 19. The van der Waals surface area contributed by atoms with Crippen molar-refractivity contribution >= 4 is 11.8 Å². The Kier molecular flexibility index (Phi) is 21.9. The maximum Gasteiger partial charge on any atom is 0.217 e. The molecule has 0 aromatic rings. The van der Waals surface area contributed by atoms with Gasteiger partial charge in [-0.3, -0.25) is 9.59 Å². The van der Waals surface area contributed by atoms with Crippen molar-refractivity contribution in [1.29, 1.82) is 0 Å². The van der Waals surface area contributed by atoms with Gasteiger partial charge in [0.05, 0.1) is 51.3 Å². The fraction of sp³-hybridized carbons (Fsp3) is 0.950. The van der Waals surface area contributed by atoms with Crippen molar-refractivity contribution in [2.24, 2.45) is 0 Å². The number of rotatable bonds is 20. The lowest BCUT2D eigenvalue weighted by molar-refractivity contribution is -0.408. The molecule has 29 atom stereocenters. The van der Waals surface area contributed by atoms with E-state index in [2.05, 4.69) is 10.6 Å². The minimum Gasteiger partial charge on any atom is -0.394 e. The van der Waals surface area contributed by atoms with Crippen LogP contribution in [0.1, 0.15) is 27.7 Å². The van der Waals surface area contributed by atoms with Crippen LogP contribution in [-0.2, 0) is 57.0 Å². The van der Waals surface area contributed by atoms with Crippen molar-refractivity contribution in [3.63, 3.8) is 0 Å². The molecule has 5 saturated heterocycles. The van der Waals surface area contributed by atoms with E-state index < -0.39 is 223 Å². The first-order chi connectivity index (χ1) is 33.4. The summed E-state index contributed by atoms with van der Waals surface area (Å²) >= 11 is 0. The molecular formula is C40H70N2O29. The van der Waals surface area contributed by atoms with Gasteiger partial charge in [-0.2, -0.15) is 0 Å². The number of aliphatic hydroxyl groups is 17. The quantitative estimate of drug-likeness (QED) is 0.0538. The Morgan fingerprint density at radius 2 is 1.00 bits per heavy atom. The molecule has 0 saturated carbocycles. The predicted molar refractivity (Wildman–Crippen MR) is 222 cm³/mol. The number of aliphatic hydroxyl groups excluding tert-OH is 17. The van der Waals surface area contributed by atoms with Crippen LogP contribution in [0.2, 0.25) is 0 Å². The number of carbonyl (C=O) groups is 2. The van der Waals surface area contributed by atoms with Crippen molar-refractivity contribution in [2.75, 3.05) is 33.0 Å². The summed E-state index contributed by atoms with van der Waals surface area (Å²) in [6.07, 6.45) is -52.3. The zero-order valence-corrected chi connectivity index (χ0v) is 38.8. The molecule has 5 rings (SSSR count). The van der Waals surface area contributed by atoms with Crippen molar-refractivity contribution in [3.8, 4) is 0 Å². The Morgan fingerprint density at radius 1 is 0.507 bits per heavy atom. The molecule has 31 nitrogen and oxygen atoms in total. The van der Waals surface area contributed by atoms with Crippen LogP contribution in [0.5, 0.6) is 0 Å². The van der Waals surface area contributed by atoms with Crippen LogP contribution in [-0.4, -0.2) is 309 Å². The van der Waals surface area contributed by atoms with E-state index in [0.717, 1.165) is 13.8 Å². The van der Waals surface area contributed by atoms with Gasteiger partial charge in [-0.1, -0.05) is 0 Å². The molecule has 5 aliphatic rings. The van der Waals surface area contributed by atoms with Gasteiger partial charge in [0.2, 0.25) is 11.8 Å². The van der Waals surface area contributed by atoms with Crippen LogP contribution in [0.3, 0.4) is 0 Å². The van der Waals surface area contributed by atoms with Crippen LogP contribution in [0.15, 0.2) is 0 Å². The summed E-state index contributed by atoms with van der Waals surface area (Å²) in [5, 5.41) is 188. The summed E-state index contributed by atoms with van der Waals surface area (Å²) in [6, 6.07) is -3.27. The molecule has 414 valence electrons. The van der Waals surface area contributed by atoms with Crippen molar-refractivity contribution in [1.82, 2.24) is 10.6 Å². The van der Waals surface area contributed by atoms with Crippen LogP contribution in [0.25, 0.3) is 0 Å². The van der Waals surface area contributed by atoms with Crippen LogP contribution >= 0.6 is 0 Å². The van der Waals surface area contributed by atoms with Gasteiger partial charge in [-0.05, 0) is 13.8 Å². The smallest absolute Gasteiger partial charge is 0.217 e. The SMILES string of the molecule is CC(=O)N[C@H]1[C@H](OC[C@H]2O[C@H](O[C@H]([C@@H](O)[C@H](O)CO)[C@H](CO)NC(C)=O)[C@H](O[C@H]3O[C@H](C)[C@H](O)[C@H](O)[C@H]3O)[C@@H](O[C@@H]3O[C@H](CO)[C@H](O)[C@H](O)[C@H]3O[C@H]3O[C@H](C)[C@H](O)[C@H](O)[C@H]3O)[C@H]2O)O[C@H](CO)[C@@H](O)[C@@H]1O. The number of carbonyl (C=O) groups excluding carboxylic acids is 2. The highest BCUT2D eigenvalue weighted by atomic mass is 16.8. The molecule has 0 bridgehead atoms. The summed E-state index contributed by atoms with van der Waals surface area (Å²) in [6.45, 7) is -0.469. The fourth-order valence-electron chi connectivity index (χ4n) is 8.66. The Balaban J connectivity index is 1.65. The molecule has 5 heterocycles. The van der Waals surface area contributed by atoms with E-state index in [0.29, 0.717) is 0 Å². The molecule has 5 aliphatic heterocycles. The first kappa shape index (κ1) is 59.7. The molecular weight excluding hydrogens is 972 g/mol. The van der Waals surface area contributed by atoms with E-state index in [1.54, 1.807) is 0 Å². The van der Waals surface area contributed by atoms with E-state index in [1.165, 1.54) is 13.8 Å². The third-order valence-electron chi connectivity index (χ3n) is 12.8. The molecule has 0 aliphatic carbocycles. The summed E-state index contributed by atoms with van der Waals surface area (Å²) in [7, 11) is 0. The van der Waals surface area contributed by atoms with E-state index in [1.807, 2.05) is 0 Å². The van der Waals surface area contributed by atoms with Crippen LogP contribution < -0.4 is 10.6 Å². The van der Waals surface area contributed by atoms with Gasteiger partial charge in [0.1, 0.15) is 128 Å². The highest BCUT2D eigenvalue weighted by Crippen LogP contribution is 2.37. The molecule has 0 aromatic heterocycles. The first-order valence-corrected chi connectivity index (χ1v) is 22.7. The number of amides is 2. The van der Waals surface area contributed by atoms with Crippen LogP contribution in [0, 0.1) is 0 Å². The van der Waals surface area contributed by atoms with Gasteiger partial charge in [0, 0.05) is 13.8 Å². The van der Waals surface area contributed by atoms with Gasteiger partial charge < -0.3 is 145 Å². The molecule has 0 spiro atoms. The Bertz CT molecular complexity index is 1660. The monoisotopic (exact) mass is 1040 g/mol. The molecule has 5 fully saturated rings. The van der Waals surface area contributed by atoms with Gasteiger partial charge in [0.15, 0.2) is 31.5 Å². The lowest BCUT2D eigenvalue weighted by Gasteiger charge is -2.51. The maximum absolute atomic E-state index is 12.4. The third-order valence-corrected chi connectivity index (χ3v) is 12.8. The molecule has 71 heavy (non-hydrogen) atoms. The lowest BCUT2D eigenvalue weighted by Crippen LogP contribution is -2.69. The van der Waals surface area contributed by atoms with E-state index in [4.69, 9.17) is 47.4 Å². The summed E-state index contributed by atoms with van der Waals surface area (Å²) in [5.41, 5.74) is 0. The summed E-state index contributed by atoms with van der Waals surface area (Å²) in [4.78, 5) is 24.6. The largest absolute Gasteiger partial charge is 0.394 e. The average molecular weight is 1040 g/mol. The zero-order valence-electron chi connectivity index (χ0n) is 38.8. The van der Waals surface area contributed by atoms with E-state index >= 15 is 0 Å². The van der Waals surface area contributed by atoms with Gasteiger partial charge in [-0.25, -0.2) is 0 Å². The Morgan fingerprint density at radius 3 is 1.49 bits per heavy atom. The first-order valence-electron chi connectivity index (χ1n) is 22.7. The predicted octanol–water partition coefficient (Wildman–Crippen LogP) is -12.1. The lowest BCUT2D eigenvalue weighted by atomic mass is 9.95. The highest BCUT2D eigenvalue weighted by Gasteiger charge is 2.58. The second-order valence-electron chi connectivity index (χ2n) is 18.0. The van der Waals surface area contributed by atoms with E-state index in [-0.39, 0.29) is 0 Å². The second kappa shape index (κ2) is 26.1. The van der Waals surface area contributed by atoms with Crippen molar-refractivity contribution in [3.05, 3.63) is 0 Å². The third kappa shape index (κ3) is 13.6. The molecule has 19 N–H and O–H groups in total. The molecule has 2 amide bonds. The Hall–Kier alpha value is -2.14. The minimum absolute atomic E-state index is 0.757. The fourth-order valence-corrected chi connectivity index (χ4v) is 8.66. The number of nitrogens with one attached hydrogen (secondary N) is 2. The molecule has 0 radical (unpaired) electrons. The number of hydrogen-bond acceptors (Lipinski definition) is 29. The Labute approximate surface area is 404 Å². The van der Waals surface area contributed by atoms with E-state index in [9.17, 15) is 96.4 Å². The standard InChI is InChI=1S/C40H70N2O29/c1-10-20(50)27(57)30(60)37(63-10)70-34-29(59)24(54)17(8-46)66-39(34)69-33-25(55)18(9-62-36-19(42-13(4)48)26(56)23(53)16(7-45)65-36)67-40(35(33)71-38-31(61)28(58)21(51)11(2)64-38)68-32(22(52)15(49)6-44)14(5-43)41-12(3)47/h10-11,14-40,43-46,49-61H,5-9H2,1-4H3,(H,41,47)(H,42,48)/t10-,11-,14+,15-,16-,17-,18-,19-,20+,21+,22+,23-,24+,25+,26-,27+,28+,29+,30-,31-,32+,33+,34-,35-,36-,37-,38-,39+,40-/m1/s1. The second-order valence-corrected chi connectivity index (χ2v) is 18.0.